The second kappa shape index (κ2) is 8.46. The first kappa shape index (κ1) is 19.3. The lowest BCUT2D eigenvalue weighted by atomic mass is 10.1. The summed E-state index contributed by atoms with van der Waals surface area (Å²) in [7, 11) is 4.06. The molecule has 4 nitrogen and oxygen atoms in total. The molecule has 0 saturated heterocycles. The van der Waals surface area contributed by atoms with Gasteiger partial charge < -0.3 is 10.2 Å². The summed E-state index contributed by atoms with van der Waals surface area (Å²) in [5.74, 6) is -0.0652. The number of nitrogens with zero attached hydrogens (tertiary/aromatic N) is 2. The van der Waals surface area contributed by atoms with Crippen LogP contribution in [0.1, 0.15) is 32.5 Å². The van der Waals surface area contributed by atoms with Gasteiger partial charge in [0, 0.05) is 28.2 Å². The van der Waals surface area contributed by atoms with E-state index in [4.69, 9.17) is 0 Å². The number of amides is 1. The fourth-order valence-corrected chi connectivity index (χ4v) is 4.04. The number of hydrogen-bond donors (Lipinski definition) is 1. The minimum Gasteiger partial charge on any atom is -0.350 e. The molecular weight excluding hydrogens is 354 g/mol. The topological polar surface area (TPSA) is 45.2 Å². The third kappa shape index (κ3) is 4.81. The molecule has 0 radical (unpaired) electrons. The molecule has 0 saturated carbocycles. The van der Waals surface area contributed by atoms with Crippen LogP contribution >= 0.6 is 11.3 Å². The number of aromatic nitrogens is 1. The number of pyridine rings is 1. The van der Waals surface area contributed by atoms with Crippen LogP contribution in [-0.2, 0) is 0 Å². The molecule has 2 aromatic heterocycles. The van der Waals surface area contributed by atoms with E-state index >= 15 is 0 Å². The summed E-state index contributed by atoms with van der Waals surface area (Å²) in [6.07, 6.45) is 0. The Labute approximate surface area is 164 Å². The summed E-state index contributed by atoms with van der Waals surface area (Å²) in [6.45, 7) is 4.61. The number of nitrogens with one attached hydrogen (secondary N) is 1. The molecular formula is C22H25N3OS. The van der Waals surface area contributed by atoms with E-state index in [9.17, 15) is 4.79 Å². The molecule has 0 fully saturated rings. The number of carbonyl (C=O) groups is 1. The van der Waals surface area contributed by atoms with E-state index in [0.29, 0.717) is 12.1 Å². The predicted molar refractivity (Wildman–Crippen MR) is 112 cm³/mol. The molecule has 0 aliphatic rings. The van der Waals surface area contributed by atoms with Crippen LogP contribution in [0.4, 0.5) is 0 Å². The van der Waals surface area contributed by atoms with Crippen LogP contribution < -0.4 is 5.32 Å². The second-order valence-electron chi connectivity index (χ2n) is 6.96. The highest BCUT2D eigenvalue weighted by molar-refractivity contribution is 7.10. The summed E-state index contributed by atoms with van der Waals surface area (Å²) >= 11 is 1.71. The SMILES string of the molecule is Cc1cc(C)nc(-c2cccc(C(=O)NC[C@H](c3cccs3)N(C)C)c2)c1. The lowest BCUT2D eigenvalue weighted by Gasteiger charge is -2.23. The summed E-state index contributed by atoms with van der Waals surface area (Å²) in [4.78, 5) is 20.7. The molecule has 3 aromatic rings. The van der Waals surface area contributed by atoms with Crippen molar-refractivity contribution < 1.29 is 4.79 Å². The number of benzene rings is 1. The predicted octanol–water partition coefficient (Wildman–Crippen LogP) is 4.46. The van der Waals surface area contributed by atoms with Crippen LogP contribution in [0.25, 0.3) is 11.3 Å². The number of hydrogen-bond acceptors (Lipinski definition) is 4. The third-order valence-corrected chi connectivity index (χ3v) is 5.44. The van der Waals surface area contributed by atoms with Crippen molar-refractivity contribution >= 4 is 17.2 Å². The molecule has 3 rings (SSSR count). The molecule has 1 amide bonds. The highest BCUT2D eigenvalue weighted by Gasteiger charge is 2.17. The Morgan fingerprint density at radius 2 is 1.96 bits per heavy atom. The molecule has 5 heteroatoms. The maximum absolute atomic E-state index is 12.7. The van der Waals surface area contributed by atoms with Crippen LogP contribution in [-0.4, -0.2) is 36.4 Å². The quantitative estimate of drug-likeness (QED) is 0.688. The van der Waals surface area contributed by atoms with Gasteiger partial charge in [-0.2, -0.15) is 0 Å². The standard InChI is InChI=1S/C22H25N3OS/c1-15-11-16(2)24-19(12-15)17-7-5-8-18(13-17)22(26)23-14-20(25(3)4)21-9-6-10-27-21/h5-13,20H,14H2,1-4H3,(H,23,26)/t20-/m1/s1. The first-order chi connectivity index (χ1) is 12.9. The van der Waals surface area contributed by atoms with Gasteiger partial charge in [-0.15, -0.1) is 11.3 Å². The van der Waals surface area contributed by atoms with E-state index < -0.39 is 0 Å². The van der Waals surface area contributed by atoms with Crippen molar-refractivity contribution in [2.24, 2.45) is 0 Å². The summed E-state index contributed by atoms with van der Waals surface area (Å²) < 4.78 is 0. The molecule has 1 atom stereocenters. The van der Waals surface area contributed by atoms with Crippen LogP contribution in [0.3, 0.4) is 0 Å². The van der Waals surface area contributed by atoms with Crippen molar-refractivity contribution in [1.82, 2.24) is 15.2 Å². The lowest BCUT2D eigenvalue weighted by molar-refractivity contribution is 0.0942. The summed E-state index contributed by atoms with van der Waals surface area (Å²) in [6, 6.07) is 16.1. The van der Waals surface area contributed by atoms with E-state index in [2.05, 4.69) is 33.6 Å². The third-order valence-electron chi connectivity index (χ3n) is 4.47. The van der Waals surface area contributed by atoms with E-state index in [0.717, 1.165) is 22.5 Å². The average molecular weight is 380 g/mol. The van der Waals surface area contributed by atoms with Gasteiger partial charge in [0.25, 0.3) is 5.91 Å². The zero-order valence-corrected chi connectivity index (χ0v) is 17.0. The van der Waals surface area contributed by atoms with Crippen molar-refractivity contribution in [3.05, 3.63) is 75.6 Å². The van der Waals surface area contributed by atoms with Gasteiger partial charge in [0.15, 0.2) is 0 Å². The Hall–Kier alpha value is -2.50. The van der Waals surface area contributed by atoms with Gasteiger partial charge in [-0.25, -0.2) is 0 Å². The van der Waals surface area contributed by atoms with E-state index in [1.165, 1.54) is 4.88 Å². The second-order valence-corrected chi connectivity index (χ2v) is 7.94. The monoisotopic (exact) mass is 379 g/mol. The molecule has 1 N–H and O–H groups in total. The Bertz CT molecular complexity index is 899. The number of thiophene rings is 1. The van der Waals surface area contributed by atoms with E-state index in [-0.39, 0.29) is 11.9 Å². The minimum atomic E-state index is -0.0652. The number of likely N-dealkylation sites (N-methyl/N-ethyl adjacent to an activating group) is 1. The number of aryl methyl sites for hydroxylation is 2. The normalized spacial score (nSPS) is 12.2. The highest BCUT2D eigenvalue weighted by Crippen LogP contribution is 2.23. The first-order valence-electron chi connectivity index (χ1n) is 8.98. The Morgan fingerprint density at radius 3 is 2.63 bits per heavy atom. The fourth-order valence-electron chi connectivity index (χ4n) is 3.12. The summed E-state index contributed by atoms with van der Waals surface area (Å²) in [5.41, 5.74) is 4.64. The van der Waals surface area contributed by atoms with Crippen molar-refractivity contribution in [3.63, 3.8) is 0 Å². The molecule has 0 bridgehead atoms. The molecule has 0 unspecified atom stereocenters. The fraction of sp³-hybridized carbons (Fsp3) is 0.273. The number of carbonyl (C=O) groups excluding carboxylic acids is 1. The maximum atomic E-state index is 12.7. The van der Waals surface area contributed by atoms with E-state index in [1.54, 1.807) is 11.3 Å². The molecule has 0 aliphatic carbocycles. The molecule has 1 aromatic carbocycles. The van der Waals surface area contributed by atoms with Crippen LogP contribution in [0.5, 0.6) is 0 Å². The first-order valence-corrected chi connectivity index (χ1v) is 9.86. The zero-order valence-electron chi connectivity index (χ0n) is 16.2. The van der Waals surface area contributed by atoms with Gasteiger partial charge in [0.05, 0.1) is 11.7 Å². The smallest absolute Gasteiger partial charge is 0.251 e. The van der Waals surface area contributed by atoms with Gasteiger partial charge in [-0.1, -0.05) is 18.2 Å². The van der Waals surface area contributed by atoms with Crippen molar-refractivity contribution in [1.29, 1.82) is 0 Å². The molecule has 0 spiro atoms. The Morgan fingerprint density at radius 1 is 1.15 bits per heavy atom. The van der Waals surface area contributed by atoms with Gasteiger partial charge in [0.2, 0.25) is 0 Å². The van der Waals surface area contributed by atoms with Gasteiger partial charge in [0.1, 0.15) is 0 Å². The van der Waals surface area contributed by atoms with Crippen molar-refractivity contribution in [2.45, 2.75) is 19.9 Å². The minimum absolute atomic E-state index is 0.0652. The van der Waals surface area contributed by atoms with Gasteiger partial charge in [-0.05, 0) is 69.2 Å². The molecule has 140 valence electrons. The maximum Gasteiger partial charge on any atom is 0.251 e. The molecule has 27 heavy (non-hydrogen) atoms. The van der Waals surface area contributed by atoms with Crippen molar-refractivity contribution in [3.8, 4) is 11.3 Å². The average Bonchev–Trinajstić information content (AvgIpc) is 3.15. The summed E-state index contributed by atoms with van der Waals surface area (Å²) in [5, 5.41) is 5.14. The largest absolute Gasteiger partial charge is 0.350 e. The van der Waals surface area contributed by atoms with E-state index in [1.807, 2.05) is 63.5 Å². The lowest BCUT2D eigenvalue weighted by Crippen LogP contribution is -2.34. The highest BCUT2D eigenvalue weighted by atomic mass is 32.1. The van der Waals surface area contributed by atoms with Crippen LogP contribution in [0.2, 0.25) is 0 Å². The Kier molecular flexibility index (Phi) is 6.04. The zero-order chi connectivity index (χ0) is 19.4. The Balaban J connectivity index is 1.75. The van der Waals surface area contributed by atoms with Crippen LogP contribution in [0.15, 0.2) is 53.9 Å². The van der Waals surface area contributed by atoms with Crippen molar-refractivity contribution in [2.75, 3.05) is 20.6 Å². The van der Waals surface area contributed by atoms with Crippen LogP contribution in [0, 0.1) is 13.8 Å². The van der Waals surface area contributed by atoms with Gasteiger partial charge in [-0.3, -0.25) is 9.78 Å². The number of rotatable bonds is 6. The molecule has 0 aliphatic heterocycles. The molecule has 2 heterocycles. The van der Waals surface area contributed by atoms with Gasteiger partial charge >= 0.3 is 0 Å².